The second-order valence-electron chi connectivity index (χ2n) is 4.36. The number of aryl methyl sites for hydroxylation is 1. The van der Waals surface area contributed by atoms with Crippen LogP contribution >= 0.6 is 0 Å². The van der Waals surface area contributed by atoms with Crippen LogP contribution in [0, 0.1) is 6.92 Å². The quantitative estimate of drug-likeness (QED) is 0.426. The van der Waals surface area contributed by atoms with Gasteiger partial charge in [0.15, 0.2) is 0 Å². The summed E-state index contributed by atoms with van der Waals surface area (Å²) in [4.78, 5) is 0. The van der Waals surface area contributed by atoms with Crippen molar-refractivity contribution in [2.75, 3.05) is 0 Å². The van der Waals surface area contributed by atoms with Crippen LogP contribution in [-0.4, -0.2) is 29.0 Å². The van der Waals surface area contributed by atoms with Crippen LogP contribution in [0.15, 0.2) is 42.5 Å². The van der Waals surface area contributed by atoms with Gasteiger partial charge in [0.25, 0.3) is 0 Å². The Labute approximate surface area is 111 Å². The fraction of sp³-hybridized carbons (Fsp3) is 0.0667. The molecule has 2 heterocycles. The monoisotopic (exact) mass is 350 g/mol. The van der Waals surface area contributed by atoms with Gasteiger partial charge in [-0.05, 0) is 0 Å². The van der Waals surface area contributed by atoms with Crippen molar-refractivity contribution in [1.82, 2.24) is 0 Å². The van der Waals surface area contributed by atoms with Crippen LogP contribution in [-0.2, 0) is 0 Å². The summed E-state index contributed by atoms with van der Waals surface area (Å²) in [6.07, 6.45) is 0. The Balaban J connectivity index is 2.33. The average Bonchev–Trinajstić information content (AvgIpc) is 2.84. The molecule has 2 heteroatoms. The van der Waals surface area contributed by atoms with Crippen LogP contribution in [0.4, 0.5) is 0 Å². The zero-order valence-electron chi connectivity index (χ0n) is 9.36. The van der Waals surface area contributed by atoms with Gasteiger partial charge in [0, 0.05) is 0 Å². The summed E-state index contributed by atoms with van der Waals surface area (Å²) in [6, 6.07) is 15.9. The van der Waals surface area contributed by atoms with Crippen molar-refractivity contribution in [3.05, 3.63) is 48.0 Å². The first kappa shape index (κ1) is 10.2. The van der Waals surface area contributed by atoms with E-state index in [9.17, 15) is 0 Å². The van der Waals surface area contributed by atoms with Crippen LogP contribution < -0.4 is 0 Å². The standard InChI is InChI=1S/C15H10Se2/c1-9-6-7-13-11(8-9)14-10-4-2-3-5-12(10)16-15(14)17-13/h2-8H,1H3. The molecular formula is C15H10Se2. The fourth-order valence-electron chi connectivity index (χ4n) is 2.38. The number of hydrogen-bond donors (Lipinski definition) is 0. The molecule has 82 valence electrons. The van der Waals surface area contributed by atoms with Crippen molar-refractivity contribution in [1.29, 1.82) is 0 Å². The van der Waals surface area contributed by atoms with Crippen molar-refractivity contribution in [3.63, 3.8) is 0 Å². The van der Waals surface area contributed by atoms with Gasteiger partial charge in [0.2, 0.25) is 0 Å². The molecule has 0 saturated carbocycles. The van der Waals surface area contributed by atoms with E-state index >= 15 is 0 Å². The van der Waals surface area contributed by atoms with E-state index in [4.69, 9.17) is 0 Å². The summed E-state index contributed by atoms with van der Waals surface area (Å²) < 4.78 is 4.91. The Morgan fingerprint density at radius 1 is 0.824 bits per heavy atom. The van der Waals surface area contributed by atoms with Gasteiger partial charge in [-0.3, -0.25) is 0 Å². The molecule has 0 unspecified atom stereocenters. The van der Waals surface area contributed by atoms with Gasteiger partial charge in [0.05, 0.1) is 0 Å². The van der Waals surface area contributed by atoms with Crippen LogP contribution in [0.3, 0.4) is 0 Å². The third kappa shape index (κ3) is 1.42. The van der Waals surface area contributed by atoms with E-state index < -0.39 is 0 Å². The van der Waals surface area contributed by atoms with Crippen molar-refractivity contribution in [2.45, 2.75) is 6.92 Å². The minimum absolute atomic E-state index is 0.581. The zero-order chi connectivity index (χ0) is 11.4. The summed E-state index contributed by atoms with van der Waals surface area (Å²) in [6.45, 7) is 2.19. The summed E-state index contributed by atoms with van der Waals surface area (Å²) in [7, 11) is 0. The van der Waals surface area contributed by atoms with Gasteiger partial charge in [0.1, 0.15) is 0 Å². The van der Waals surface area contributed by atoms with Crippen molar-refractivity contribution < 1.29 is 0 Å². The van der Waals surface area contributed by atoms with Gasteiger partial charge in [-0.2, -0.15) is 0 Å². The molecule has 4 aromatic rings. The van der Waals surface area contributed by atoms with E-state index in [1.54, 1.807) is 17.0 Å². The topological polar surface area (TPSA) is 0 Å². The molecule has 2 aromatic heterocycles. The Hall–Kier alpha value is -0.781. The second kappa shape index (κ2) is 3.60. The first-order chi connectivity index (χ1) is 8.33. The Morgan fingerprint density at radius 3 is 2.47 bits per heavy atom. The molecule has 0 radical (unpaired) electrons. The summed E-state index contributed by atoms with van der Waals surface area (Å²) in [5.74, 6) is 0. The molecule has 0 atom stereocenters. The first-order valence-corrected chi connectivity index (χ1v) is 9.06. The van der Waals surface area contributed by atoms with Gasteiger partial charge < -0.3 is 0 Å². The number of benzene rings is 2. The maximum absolute atomic E-state index is 2.37. The fourth-order valence-corrected chi connectivity index (χ4v) is 8.82. The average molecular weight is 348 g/mol. The van der Waals surface area contributed by atoms with Gasteiger partial charge in [-0.15, -0.1) is 0 Å². The number of rotatable bonds is 0. The van der Waals surface area contributed by atoms with E-state index in [1.807, 2.05) is 0 Å². The third-order valence-electron chi connectivity index (χ3n) is 3.17. The van der Waals surface area contributed by atoms with E-state index in [-0.39, 0.29) is 0 Å². The van der Waals surface area contributed by atoms with Crippen LogP contribution in [0.2, 0.25) is 0 Å². The van der Waals surface area contributed by atoms with E-state index in [0.717, 1.165) is 0 Å². The summed E-state index contributed by atoms with van der Waals surface area (Å²) in [5.41, 5.74) is 1.38. The van der Waals surface area contributed by atoms with Crippen LogP contribution in [0.25, 0.3) is 27.8 Å². The second-order valence-corrected chi connectivity index (χ2v) is 10.1. The molecule has 0 saturated heterocycles. The molecule has 0 aliphatic carbocycles. The predicted molar refractivity (Wildman–Crippen MR) is 77.6 cm³/mol. The minimum atomic E-state index is 0.581. The normalized spacial score (nSPS) is 11.8. The van der Waals surface area contributed by atoms with E-state index in [2.05, 4.69) is 49.4 Å². The predicted octanol–water partition coefficient (Wildman–Crippen LogP) is 3.57. The molecule has 0 amide bonds. The Bertz CT molecular complexity index is 849. The molecule has 2 aromatic carbocycles. The van der Waals surface area contributed by atoms with Gasteiger partial charge >= 0.3 is 112 Å². The SMILES string of the molecule is Cc1ccc2[se]c3[se]c4ccccc4c3c2c1. The molecule has 0 fully saturated rings. The number of fused-ring (bicyclic) bond motifs is 5. The van der Waals surface area contributed by atoms with E-state index in [0.29, 0.717) is 29.0 Å². The first-order valence-electron chi connectivity index (χ1n) is 5.63. The van der Waals surface area contributed by atoms with Crippen LogP contribution in [0.1, 0.15) is 5.56 Å². The number of hydrogen-bond acceptors (Lipinski definition) is 0. The van der Waals surface area contributed by atoms with Crippen molar-refractivity contribution >= 4 is 56.8 Å². The molecule has 17 heavy (non-hydrogen) atoms. The van der Waals surface area contributed by atoms with Crippen molar-refractivity contribution in [2.24, 2.45) is 0 Å². The molecule has 4 rings (SSSR count). The summed E-state index contributed by atoms with van der Waals surface area (Å²) >= 11 is 1.16. The Morgan fingerprint density at radius 2 is 1.59 bits per heavy atom. The maximum atomic E-state index is 2.37. The molecule has 0 spiro atoms. The molecule has 0 bridgehead atoms. The molecular weight excluding hydrogens is 338 g/mol. The molecule has 0 aliphatic rings. The van der Waals surface area contributed by atoms with Crippen molar-refractivity contribution in [3.8, 4) is 0 Å². The van der Waals surface area contributed by atoms with Gasteiger partial charge in [-0.25, -0.2) is 0 Å². The zero-order valence-corrected chi connectivity index (χ0v) is 12.8. The summed E-state index contributed by atoms with van der Waals surface area (Å²) in [5, 5.41) is 4.61. The van der Waals surface area contributed by atoms with Gasteiger partial charge in [-0.1, -0.05) is 0 Å². The molecule has 0 nitrogen and oxygen atoms in total. The molecule has 0 aliphatic heterocycles. The van der Waals surface area contributed by atoms with Crippen LogP contribution in [0.5, 0.6) is 0 Å². The molecule has 0 N–H and O–H groups in total. The Kier molecular flexibility index (Phi) is 2.16. The van der Waals surface area contributed by atoms with E-state index in [1.165, 1.54) is 16.3 Å². The third-order valence-corrected chi connectivity index (χ3v) is 9.04.